The SMILES string of the molecule is FC(F)(F)Oc1ccc(-c2ccc3onc(OCC4COC4)c3c2)cc1. The molecule has 1 aliphatic rings. The van der Waals surface area contributed by atoms with Crippen molar-refractivity contribution in [1.82, 2.24) is 5.16 Å². The van der Waals surface area contributed by atoms with Crippen molar-refractivity contribution in [3.63, 3.8) is 0 Å². The molecule has 0 saturated carbocycles. The largest absolute Gasteiger partial charge is 0.573 e. The summed E-state index contributed by atoms with van der Waals surface area (Å²) in [6, 6.07) is 11.0. The van der Waals surface area contributed by atoms with Crippen LogP contribution in [-0.4, -0.2) is 31.3 Å². The molecule has 0 N–H and O–H groups in total. The lowest BCUT2D eigenvalue weighted by Crippen LogP contribution is -2.32. The molecule has 0 bridgehead atoms. The van der Waals surface area contributed by atoms with Crippen LogP contribution in [0.1, 0.15) is 0 Å². The molecule has 3 aromatic rings. The molecule has 1 fully saturated rings. The molecule has 0 unspecified atom stereocenters. The van der Waals surface area contributed by atoms with Crippen molar-refractivity contribution in [3.05, 3.63) is 42.5 Å². The van der Waals surface area contributed by atoms with E-state index in [1.165, 1.54) is 12.1 Å². The number of aromatic nitrogens is 1. The average molecular weight is 365 g/mol. The van der Waals surface area contributed by atoms with Gasteiger partial charge in [-0.05, 0) is 40.5 Å². The summed E-state index contributed by atoms with van der Waals surface area (Å²) in [6.45, 7) is 1.84. The molecule has 0 aliphatic carbocycles. The van der Waals surface area contributed by atoms with Crippen molar-refractivity contribution in [3.8, 4) is 22.8 Å². The fraction of sp³-hybridized carbons (Fsp3) is 0.278. The number of fused-ring (bicyclic) bond motifs is 1. The van der Waals surface area contributed by atoms with Gasteiger partial charge in [-0.3, -0.25) is 0 Å². The van der Waals surface area contributed by atoms with E-state index in [1.54, 1.807) is 24.3 Å². The average Bonchev–Trinajstić information content (AvgIpc) is 2.95. The second kappa shape index (κ2) is 6.53. The summed E-state index contributed by atoms with van der Waals surface area (Å²) in [5.41, 5.74) is 2.11. The first kappa shape index (κ1) is 16.7. The molecule has 0 amide bonds. The number of alkyl halides is 3. The lowest BCUT2D eigenvalue weighted by atomic mass is 10.0. The Morgan fingerprint density at radius 2 is 1.77 bits per heavy atom. The van der Waals surface area contributed by atoms with Crippen LogP contribution < -0.4 is 9.47 Å². The fourth-order valence-corrected chi connectivity index (χ4v) is 2.63. The number of halogens is 3. The van der Waals surface area contributed by atoms with E-state index in [-0.39, 0.29) is 5.75 Å². The van der Waals surface area contributed by atoms with E-state index in [0.717, 1.165) is 11.1 Å². The van der Waals surface area contributed by atoms with Crippen LogP contribution in [0.3, 0.4) is 0 Å². The Bertz CT molecular complexity index is 901. The maximum atomic E-state index is 12.2. The van der Waals surface area contributed by atoms with Gasteiger partial charge in [0, 0.05) is 5.92 Å². The third-order valence-electron chi connectivity index (χ3n) is 4.02. The molecule has 1 aromatic heterocycles. The zero-order valence-corrected chi connectivity index (χ0v) is 13.5. The van der Waals surface area contributed by atoms with E-state index in [9.17, 15) is 13.2 Å². The van der Waals surface area contributed by atoms with Crippen molar-refractivity contribution in [2.45, 2.75) is 6.36 Å². The summed E-state index contributed by atoms with van der Waals surface area (Å²) < 4.78 is 56.7. The van der Waals surface area contributed by atoms with Gasteiger partial charge in [0.15, 0.2) is 5.58 Å². The van der Waals surface area contributed by atoms with E-state index >= 15 is 0 Å². The van der Waals surface area contributed by atoms with E-state index in [4.69, 9.17) is 14.0 Å². The van der Waals surface area contributed by atoms with Crippen LogP contribution in [0.4, 0.5) is 13.2 Å². The lowest BCUT2D eigenvalue weighted by molar-refractivity contribution is -0.274. The summed E-state index contributed by atoms with van der Waals surface area (Å²) in [5, 5.41) is 4.64. The third-order valence-corrected chi connectivity index (χ3v) is 4.02. The highest BCUT2D eigenvalue weighted by molar-refractivity contribution is 5.87. The van der Waals surface area contributed by atoms with Gasteiger partial charge in [-0.1, -0.05) is 18.2 Å². The monoisotopic (exact) mass is 365 g/mol. The van der Waals surface area contributed by atoms with Crippen LogP contribution in [0.15, 0.2) is 47.0 Å². The Hall–Kier alpha value is -2.74. The Morgan fingerprint density at radius 3 is 2.42 bits per heavy atom. The molecule has 0 radical (unpaired) electrons. The van der Waals surface area contributed by atoms with E-state index in [0.29, 0.717) is 42.6 Å². The molecule has 26 heavy (non-hydrogen) atoms. The van der Waals surface area contributed by atoms with Gasteiger partial charge >= 0.3 is 6.36 Å². The van der Waals surface area contributed by atoms with Crippen LogP contribution in [0.2, 0.25) is 0 Å². The zero-order valence-electron chi connectivity index (χ0n) is 13.5. The standard InChI is InChI=1S/C18H14F3NO4/c19-18(20,21)25-14-4-1-12(2-5-14)13-3-6-16-15(7-13)17(22-26-16)24-10-11-8-23-9-11/h1-7,11H,8-10H2. The predicted octanol–water partition coefficient (Wildman–Crippen LogP) is 4.42. The highest BCUT2D eigenvalue weighted by Crippen LogP contribution is 2.32. The smallest absolute Gasteiger partial charge is 0.475 e. The summed E-state index contributed by atoms with van der Waals surface area (Å²) in [5.74, 6) is 0.482. The molecule has 0 spiro atoms. The summed E-state index contributed by atoms with van der Waals surface area (Å²) in [7, 11) is 0. The normalized spacial score (nSPS) is 15.0. The summed E-state index contributed by atoms with van der Waals surface area (Å²) >= 11 is 0. The molecule has 8 heteroatoms. The topological polar surface area (TPSA) is 53.7 Å². The highest BCUT2D eigenvalue weighted by Gasteiger charge is 2.31. The van der Waals surface area contributed by atoms with E-state index < -0.39 is 6.36 Å². The van der Waals surface area contributed by atoms with Gasteiger partial charge in [0.2, 0.25) is 0 Å². The van der Waals surface area contributed by atoms with Crippen LogP contribution >= 0.6 is 0 Å². The van der Waals surface area contributed by atoms with E-state index in [1.807, 2.05) is 6.07 Å². The number of hydrogen-bond acceptors (Lipinski definition) is 5. The molecule has 2 aromatic carbocycles. The number of benzene rings is 2. The van der Waals surface area contributed by atoms with Gasteiger partial charge in [-0.25, -0.2) is 0 Å². The number of ether oxygens (including phenoxy) is 3. The number of hydrogen-bond donors (Lipinski definition) is 0. The van der Waals surface area contributed by atoms with Gasteiger partial charge in [-0.15, -0.1) is 13.2 Å². The Labute approximate surface area is 146 Å². The number of rotatable bonds is 5. The molecule has 5 nitrogen and oxygen atoms in total. The van der Waals surface area contributed by atoms with Crippen LogP contribution in [0.25, 0.3) is 22.1 Å². The molecular formula is C18H14F3NO4. The quantitative estimate of drug-likeness (QED) is 0.670. The minimum Gasteiger partial charge on any atom is -0.475 e. The van der Waals surface area contributed by atoms with Crippen LogP contribution in [0.5, 0.6) is 11.6 Å². The van der Waals surface area contributed by atoms with E-state index in [2.05, 4.69) is 9.89 Å². The second-order valence-electron chi connectivity index (χ2n) is 5.99. The van der Waals surface area contributed by atoms with Crippen molar-refractivity contribution in [2.24, 2.45) is 5.92 Å². The van der Waals surface area contributed by atoms with Gasteiger partial charge < -0.3 is 18.7 Å². The minimum atomic E-state index is -4.71. The third kappa shape index (κ3) is 3.60. The molecule has 4 rings (SSSR count). The molecule has 1 saturated heterocycles. The first-order valence-electron chi connectivity index (χ1n) is 7.94. The lowest BCUT2D eigenvalue weighted by Gasteiger charge is -2.25. The Balaban J connectivity index is 1.56. The summed E-state index contributed by atoms with van der Waals surface area (Å²) in [4.78, 5) is 0. The van der Waals surface area contributed by atoms with Crippen LogP contribution in [-0.2, 0) is 4.74 Å². The Morgan fingerprint density at radius 1 is 1.04 bits per heavy atom. The number of nitrogens with zero attached hydrogens (tertiary/aromatic N) is 1. The molecule has 2 heterocycles. The molecule has 136 valence electrons. The van der Waals surface area contributed by atoms with Crippen LogP contribution in [0, 0.1) is 5.92 Å². The first-order chi connectivity index (χ1) is 12.5. The van der Waals surface area contributed by atoms with Crippen molar-refractivity contribution in [2.75, 3.05) is 19.8 Å². The molecular weight excluding hydrogens is 351 g/mol. The predicted molar refractivity (Wildman–Crippen MR) is 85.9 cm³/mol. The second-order valence-corrected chi connectivity index (χ2v) is 5.99. The Kier molecular flexibility index (Phi) is 4.20. The fourth-order valence-electron chi connectivity index (χ4n) is 2.63. The van der Waals surface area contributed by atoms with Gasteiger partial charge in [0.25, 0.3) is 5.88 Å². The maximum Gasteiger partial charge on any atom is 0.573 e. The summed E-state index contributed by atoms with van der Waals surface area (Å²) in [6.07, 6.45) is -4.71. The van der Waals surface area contributed by atoms with Crippen molar-refractivity contribution >= 4 is 11.0 Å². The van der Waals surface area contributed by atoms with Gasteiger partial charge in [0.05, 0.1) is 25.2 Å². The first-order valence-corrected chi connectivity index (χ1v) is 7.94. The molecule has 0 atom stereocenters. The molecule has 1 aliphatic heterocycles. The zero-order chi connectivity index (χ0) is 18.1. The van der Waals surface area contributed by atoms with Crippen molar-refractivity contribution < 1.29 is 31.9 Å². The van der Waals surface area contributed by atoms with Crippen molar-refractivity contribution in [1.29, 1.82) is 0 Å². The van der Waals surface area contributed by atoms with Gasteiger partial charge in [-0.2, -0.15) is 0 Å². The minimum absolute atomic E-state index is 0.265. The maximum absolute atomic E-state index is 12.2. The van der Waals surface area contributed by atoms with Gasteiger partial charge in [0.1, 0.15) is 5.75 Å². The highest BCUT2D eigenvalue weighted by atomic mass is 19.4.